The highest BCUT2D eigenvalue weighted by molar-refractivity contribution is 8.31. The summed E-state index contributed by atoms with van der Waals surface area (Å²) in [6.07, 6.45) is 0. The number of hydrogen-bond donors (Lipinski definition) is 1. The molecule has 2 nitrogen and oxygen atoms in total. The first-order valence-electron chi connectivity index (χ1n) is 2.46. The van der Waals surface area contributed by atoms with Gasteiger partial charge in [-0.15, -0.1) is 0 Å². The molecule has 8 heavy (non-hydrogen) atoms. The van der Waals surface area contributed by atoms with Crippen molar-refractivity contribution in [3.05, 3.63) is 6.54 Å². The summed E-state index contributed by atoms with van der Waals surface area (Å²) in [7, 11) is 0.844. The van der Waals surface area contributed by atoms with Crippen LogP contribution in [0.5, 0.6) is 0 Å². The summed E-state index contributed by atoms with van der Waals surface area (Å²) in [5.74, 6) is 2.00. The first-order valence-corrected chi connectivity index (χ1v) is 5.28. The van der Waals surface area contributed by atoms with Gasteiger partial charge in [-0.2, -0.15) is 0 Å². The topological polar surface area (TPSA) is 29.1 Å². The van der Waals surface area contributed by atoms with Crippen LogP contribution in [-0.2, 0) is 19.7 Å². The molecule has 0 aliphatic carbocycles. The quantitative estimate of drug-likeness (QED) is 0.504. The maximum absolute atomic E-state index is 10.2. The molecule has 1 heterocycles. The Balaban J connectivity index is 2.45. The van der Waals surface area contributed by atoms with E-state index in [0.717, 1.165) is 28.3 Å². The fourth-order valence-corrected chi connectivity index (χ4v) is 2.34. The van der Waals surface area contributed by atoms with Crippen molar-refractivity contribution in [3.8, 4) is 0 Å². The molecule has 0 bridgehead atoms. The predicted octanol–water partition coefficient (Wildman–Crippen LogP) is -0.502. The van der Waals surface area contributed by atoms with Crippen LogP contribution in [0.3, 0.4) is 0 Å². The van der Waals surface area contributed by atoms with Gasteiger partial charge in [0.1, 0.15) is 10.2 Å². The Hall–Kier alpha value is 0.330. The summed E-state index contributed by atoms with van der Waals surface area (Å²) in [5.41, 5.74) is 0. The van der Waals surface area contributed by atoms with Gasteiger partial charge >= 0.3 is 0 Å². The Labute approximate surface area is 54.3 Å². The molecule has 1 aliphatic heterocycles. The van der Waals surface area contributed by atoms with E-state index in [1.165, 1.54) is 0 Å². The minimum Gasteiger partial charge on any atom is -0.311 e. The van der Waals surface area contributed by atoms with E-state index in [4.69, 9.17) is 0 Å². The lowest BCUT2D eigenvalue weighted by Gasteiger charge is -2.11. The van der Waals surface area contributed by atoms with Crippen molar-refractivity contribution in [1.29, 1.82) is 0 Å². The molecule has 1 atom stereocenters. The highest BCUT2D eigenvalue weighted by Gasteiger charge is 2.01. The van der Waals surface area contributed by atoms with Crippen molar-refractivity contribution in [1.82, 2.24) is 5.32 Å². The Morgan fingerprint density at radius 2 is 2.62 bits per heavy atom. The van der Waals surface area contributed by atoms with Crippen LogP contribution in [-0.4, -0.2) is 22.3 Å². The highest BCUT2D eigenvalue weighted by atomic mass is 32.8. The molecule has 4 heteroatoms. The highest BCUT2D eigenvalue weighted by Crippen LogP contribution is 1.90. The van der Waals surface area contributed by atoms with Gasteiger partial charge in [-0.05, 0) is 0 Å². The van der Waals surface area contributed by atoms with Gasteiger partial charge < -0.3 is 5.32 Å². The van der Waals surface area contributed by atoms with Gasteiger partial charge in [0.25, 0.3) is 0 Å². The normalized spacial score (nSPS) is 23.0. The first-order chi connectivity index (χ1) is 3.93. The lowest BCUT2D eigenvalue weighted by atomic mass is 10.6. The summed E-state index contributed by atoms with van der Waals surface area (Å²) in [4.78, 5) is 0. The van der Waals surface area contributed by atoms with Crippen molar-refractivity contribution in [2.75, 3.05) is 18.1 Å². The smallest absolute Gasteiger partial charge is 0.120 e. The molecule has 0 aromatic carbocycles. The zero-order chi connectivity index (χ0) is 5.82. The van der Waals surface area contributed by atoms with E-state index in [-0.39, 0.29) is 9.45 Å². The third-order valence-corrected chi connectivity index (χ3v) is 3.86. The molecule has 1 rings (SSSR count). The van der Waals surface area contributed by atoms with Crippen LogP contribution in [0.15, 0.2) is 0 Å². The fraction of sp³-hybridized carbons (Fsp3) is 0.750. The number of hydrogen-bond acceptors (Lipinski definition) is 2. The zero-order valence-corrected chi connectivity index (χ0v) is 6.06. The van der Waals surface area contributed by atoms with Gasteiger partial charge in [0.15, 0.2) is 0 Å². The summed E-state index contributed by atoms with van der Waals surface area (Å²) in [5, 5.41) is 3.08. The van der Waals surface area contributed by atoms with Crippen LogP contribution >= 0.6 is 0 Å². The van der Waals surface area contributed by atoms with E-state index in [0.29, 0.717) is 0 Å². The van der Waals surface area contributed by atoms with Crippen molar-refractivity contribution in [2.45, 2.75) is 0 Å². The van der Waals surface area contributed by atoms with Crippen LogP contribution in [0.4, 0.5) is 0 Å². The maximum atomic E-state index is 10.2. The molecule has 1 aliphatic rings. The van der Waals surface area contributed by atoms with E-state index in [9.17, 15) is 4.21 Å². The molecule has 1 saturated heterocycles. The second-order valence-corrected chi connectivity index (χ2v) is 5.12. The van der Waals surface area contributed by atoms with E-state index >= 15 is 0 Å². The number of rotatable bonds is 0. The van der Waals surface area contributed by atoms with Gasteiger partial charge in [0.05, 0.1) is 0 Å². The zero-order valence-electron chi connectivity index (χ0n) is 4.42. The molecule has 0 aromatic heterocycles. The molecule has 1 unspecified atom stereocenters. The number of nitrogens with one attached hydrogen (secondary N) is 1. The summed E-state index contributed by atoms with van der Waals surface area (Å²) < 4.78 is 10.2. The average Bonchev–Trinajstić information content (AvgIpc) is 1.90. The van der Waals surface area contributed by atoms with Crippen LogP contribution in [0.2, 0.25) is 0 Å². The summed E-state index contributed by atoms with van der Waals surface area (Å²) in [6, 6.07) is 0. The lowest BCUT2D eigenvalue weighted by Crippen LogP contribution is -2.27. The second kappa shape index (κ2) is 3.37. The van der Waals surface area contributed by atoms with E-state index in [2.05, 4.69) is 5.32 Å². The van der Waals surface area contributed by atoms with E-state index < -0.39 is 0 Å². The maximum Gasteiger partial charge on any atom is 0.120 e. The molecule has 0 amide bonds. The van der Waals surface area contributed by atoms with E-state index in [1.54, 1.807) is 0 Å². The molecule has 1 fully saturated rings. The van der Waals surface area contributed by atoms with E-state index in [1.807, 2.05) is 6.54 Å². The first kappa shape index (κ1) is 6.45. The van der Waals surface area contributed by atoms with Crippen molar-refractivity contribution in [3.63, 3.8) is 0 Å². The van der Waals surface area contributed by atoms with Gasteiger partial charge in [-0.25, -0.2) is 4.21 Å². The van der Waals surface area contributed by atoms with Crippen molar-refractivity contribution >= 4 is 19.7 Å². The lowest BCUT2D eigenvalue weighted by molar-refractivity contribution is 0.701. The van der Waals surface area contributed by atoms with Crippen LogP contribution in [0.25, 0.3) is 0 Å². The SMILES string of the molecule is O=S=S1C[CH]NCC1. The van der Waals surface area contributed by atoms with Crippen LogP contribution in [0.1, 0.15) is 0 Å². The Morgan fingerprint density at radius 3 is 3.00 bits per heavy atom. The Morgan fingerprint density at radius 1 is 1.75 bits per heavy atom. The van der Waals surface area contributed by atoms with Crippen LogP contribution < -0.4 is 5.32 Å². The van der Waals surface area contributed by atoms with Gasteiger partial charge in [0.2, 0.25) is 0 Å². The van der Waals surface area contributed by atoms with Crippen molar-refractivity contribution < 1.29 is 4.21 Å². The van der Waals surface area contributed by atoms with Gasteiger partial charge in [0, 0.05) is 24.6 Å². The minimum atomic E-state index is 0.0914. The largest absolute Gasteiger partial charge is 0.311 e. The van der Waals surface area contributed by atoms with Gasteiger partial charge in [-0.1, -0.05) is 9.45 Å². The molecule has 1 N–H and O–H groups in total. The Kier molecular flexibility index (Phi) is 2.72. The third kappa shape index (κ3) is 1.69. The summed E-state index contributed by atoms with van der Waals surface area (Å²) >= 11 is 0. The second-order valence-electron chi connectivity index (χ2n) is 1.54. The third-order valence-electron chi connectivity index (χ3n) is 0.984. The minimum absolute atomic E-state index is 0.0914. The molecule has 0 spiro atoms. The average molecular weight is 150 g/mol. The van der Waals surface area contributed by atoms with Crippen LogP contribution in [0, 0.1) is 6.54 Å². The molecule has 47 valence electrons. The van der Waals surface area contributed by atoms with Crippen molar-refractivity contribution in [2.24, 2.45) is 0 Å². The standard InChI is InChI=1S/C4H8NOS2/c6-7-8-3-1-5-2-4-8/h1,5H,2-4H2. The molecule has 1 radical (unpaired) electrons. The molecule has 0 saturated carbocycles. The van der Waals surface area contributed by atoms with Gasteiger partial charge in [-0.3, -0.25) is 0 Å². The monoisotopic (exact) mass is 150 g/mol. The molecule has 0 aromatic rings. The molecular weight excluding hydrogens is 142 g/mol. The fourth-order valence-electron chi connectivity index (χ4n) is 0.572. The predicted molar refractivity (Wildman–Crippen MR) is 37.5 cm³/mol. The molecular formula is C4H8NOS2. The summed E-state index contributed by atoms with van der Waals surface area (Å²) in [6.45, 7) is 2.97. The Bertz CT molecular complexity index is 122.